The Balaban J connectivity index is 1.80. The molecule has 1 atom stereocenters. The highest BCUT2D eigenvalue weighted by Gasteiger charge is 2.33. The van der Waals surface area contributed by atoms with Crippen LogP contribution in [0.5, 0.6) is 11.5 Å². The smallest absolute Gasteiger partial charge is 0.255 e. The van der Waals surface area contributed by atoms with Crippen molar-refractivity contribution >= 4 is 5.91 Å². The molecule has 0 N–H and O–H groups in total. The van der Waals surface area contributed by atoms with E-state index in [1.165, 1.54) is 11.1 Å². The van der Waals surface area contributed by atoms with Crippen LogP contribution in [-0.4, -0.2) is 36.1 Å². The Labute approximate surface area is 171 Å². The number of fused-ring (bicyclic) bond motifs is 1. The summed E-state index contributed by atoms with van der Waals surface area (Å²) < 4.78 is 13.0. The van der Waals surface area contributed by atoms with Crippen molar-refractivity contribution in [2.24, 2.45) is 0 Å². The third kappa shape index (κ3) is 3.48. The molecule has 1 aliphatic rings. The molecule has 0 fully saturated rings. The average molecular weight is 390 g/mol. The highest BCUT2D eigenvalue weighted by Crippen LogP contribution is 2.36. The average Bonchev–Trinajstić information content (AvgIpc) is 3.21. The third-order valence-corrected chi connectivity index (χ3v) is 5.62. The first-order valence-corrected chi connectivity index (χ1v) is 9.78. The molecule has 29 heavy (non-hydrogen) atoms. The molecule has 3 aromatic rings. The number of aryl methyl sites for hydroxylation is 2. The van der Waals surface area contributed by atoms with Gasteiger partial charge in [0.1, 0.15) is 11.5 Å². The maximum atomic E-state index is 13.6. The van der Waals surface area contributed by atoms with Gasteiger partial charge in [-0.1, -0.05) is 23.8 Å². The lowest BCUT2D eigenvalue weighted by Gasteiger charge is -2.38. The van der Waals surface area contributed by atoms with E-state index >= 15 is 0 Å². The molecule has 0 saturated carbocycles. The number of carbonyl (C=O) groups is 1. The van der Waals surface area contributed by atoms with Crippen molar-refractivity contribution in [1.29, 1.82) is 0 Å². The maximum Gasteiger partial charge on any atom is 0.255 e. The summed E-state index contributed by atoms with van der Waals surface area (Å²) in [4.78, 5) is 15.6. The molecule has 1 aromatic heterocycles. The van der Waals surface area contributed by atoms with Gasteiger partial charge in [0.25, 0.3) is 5.91 Å². The van der Waals surface area contributed by atoms with Crippen molar-refractivity contribution in [3.63, 3.8) is 0 Å². The topological polar surface area (TPSA) is 43.7 Å². The van der Waals surface area contributed by atoms with Crippen molar-refractivity contribution in [1.82, 2.24) is 9.47 Å². The zero-order valence-electron chi connectivity index (χ0n) is 17.3. The number of ether oxygens (including phenoxy) is 2. The van der Waals surface area contributed by atoms with Gasteiger partial charge in [0.15, 0.2) is 0 Å². The number of carbonyl (C=O) groups excluding carboxylic acids is 1. The highest BCUT2D eigenvalue weighted by molar-refractivity contribution is 5.95. The van der Waals surface area contributed by atoms with E-state index in [4.69, 9.17) is 9.47 Å². The molecule has 5 heteroatoms. The first-order valence-electron chi connectivity index (χ1n) is 9.78. The summed E-state index contributed by atoms with van der Waals surface area (Å²) in [6.45, 7) is 5.61. The molecular formula is C24H26N2O3. The van der Waals surface area contributed by atoms with E-state index in [1.54, 1.807) is 32.4 Å². The minimum absolute atomic E-state index is 0.0281. The number of hydrogen-bond acceptors (Lipinski definition) is 3. The van der Waals surface area contributed by atoms with Gasteiger partial charge in [-0.25, -0.2) is 0 Å². The molecule has 2 aromatic carbocycles. The molecule has 2 heterocycles. The van der Waals surface area contributed by atoms with Crippen LogP contribution in [0.1, 0.15) is 38.8 Å². The Bertz CT molecular complexity index is 1030. The second-order valence-corrected chi connectivity index (χ2v) is 7.49. The van der Waals surface area contributed by atoms with Crippen molar-refractivity contribution in [2.75, 3.05) is 20.8 Å². The molecule has 0 saturated heterocycles. The van der Waals surface area contributed by atoms with Gasteiger partial charge < -0.3 is 18.9 Å². The fraction of sp³-hybridized carbons (Fsp3) is 0.292. The van der Waals surface area contributed by atoms with Crippen LogP contribution in [0.3, 0.4) is 0 Å². The van der Waals surface area contributed by atoms with Gasteiger partial charge in [-0.2, -0.15) is 0 Å². The van der Waals surface area contributed by atoms with Gasteiger partial charge in [0.2, 0.25) is 0 Å². The Kier molecular flexibility index (Phi) is 5.05. The van der Waals surface area contributed by atoms with E-state index in [1.807, 2.05) is 4.90 Å². The number of aromatic nitrogens is 1. The molecule has 0 spiro atoms. The first kappa shape index (κ1) is 19.1. The Morgan fingerprint density at radius 1 is 0.966 bits per heavy atom. The zero-order valence-corrected chi connectivity index (χ0v) is 17.3. The monoisotopic (exact) mass is 390 g/mol. The van der Waals surface area contributed by atoms with Crippen LogP contribution < -0.4 is 9.47 Å². The number of rotatable bonds is 4. The SMILES string of the molecule is COc1cc(OC)cc(C(=O)N2CCn3cccc3C2c2ccc(C)cc2C)c1. The van der Waals surface area contributed by atoms with Gasteiger partial charge in [0, 0.05) is 36.6 Å². The standard InChI is InChI=1S/C24H26N2O3/c1-16-7-8-21(17(2)12-16)23-22-6-5-9-25(22)10-11-26(23)24(27)18-13-19(28-3)15-20(14-18)29-4/h5-9,12-15,23H,10-11H2,1-4H3. The van der Waals surface area contributed by atoms with Gasteiger partial charge in [-0.3, -0.25) is 4.79 Å². The molecule has 0 radical (unpaired) electrons. The molecule has 5 nitrogen and oxygen atoms in total. The normalized spacial score (nSPS) is 15.7. The largest absolute Gasteiger partial charge is 0.497 e. The van der Waals surface area contributed by atoms with Crippen molar-refractivity contribution < 1.29 is 14.3 Å². The Morgan fingerprint density at radius 3 is 2.34 bits per heavy atom. The molecule has 4 rings (SSSR count). The molecule has 0 aliphatic carbocycles. The van der Waals surface area contributed by atoms with Crippen LogP contribution >= 0.6 is 0 Å². The summed E-state index contributed by atoms with van der Waals surface area (Å²) >= 11 is 0. The third-order valence-electron chi connectivity index (χ3n) is 5.62. The lowest BCUT2D eigenvalue weighted by Crippen LogP contribution is -2.42. The lowest BCUT2D eigenvalue weighted by molar-refractivity contribution is 0.0663. The minimum Gasteiger partial charge on any atom is -0.497 e. The number of methoxy groups -OCH3 is 2. The molecular weight excluding hydrogens is 364 g/mol. The van der Waals surface area contributed by atoms with Gasteiger partial charge >= 0.3 is 0 Å². The first-order chi connectivity index (χ1) is 14.0. The van der Waals surface area contributed by atoms with Crippen LogP contribution in [-0.2, 0) is 6.54 Å². The zero-order chi connectivity index (χ0) is 20.5. The van der Waals surface area contributed by atoms with E-state index in [-0.39, 0.29) is 11.9 Å². The lowest BCUT2D eigenvalue weighted by atomic mass is 9.94. The summed E-state index contributed by atoms with van der Waals surface area (Å²) in [6, 6.07) is 15.8. The highest BCUT2D eigenvalue weighted by atomic mass is 16.5. The van der Waals surface area contributed by atoms with Crippen LogP contribution in [0.15, 0.2) is 54.7 Å². The summed E-state index contributed by atoms with van der Waals surface area (Å²) in [7, 11) is 3.19. The number of benzene rings is 2. The molecule has 0 bridgehead atoms. The second kappa shape index (κ2) is 7.66. The van der Waals surface area contributed by atoms with Crippen LogP contribution in [0, 0.1) is 13.8 Å². The van der Waals surface area contributed by atoms with Gasteiger partial charge in [-0.15, -0.1) is 0 Å². The second-order valence-electron chi connectivity index (χ2n) is 7.49. The van der Waals surface area contributed by atoms with E-state index in [9.17, 15) is 4.79 Å². The number of hydrogen-bond donors (Lipinski definition) is 0. The van der Waals surface area contributed by atoms with E-state index in [0.29, 0.717) is 23.6 Å². The van der Waals surface area contributed by atoms with Crippen LogP contribution in [0.4, 0.5) is 0 Å². The molecule has 1 amide bonds. The van der Waals surface area contributed by atoms with E-state index in [2.05, 4.69) is 54.9 Å². The summed E-state index contributed by atoms with van der Waals surface area (Å²) in [6.07, 6.45) is 2.09. The van der Waals surface area contributed by atoms with Crippen LogP contribution in [0.25, 0.3) is 0 Å². The van der Waals surface area contributed by atoms with Gasteiger partial charge in [-0.05, 0) is 49.2 Å². The molecule has 1 unspecified atom stereocenters. The predicted molar refractivity (Wildman–Crippen MR) is 113 cm³/mol. The minimum atomic E-state index is -0.135. The Morgan fingerprint density at radius 2 is 1.69 bits per heavy atom. The van der Waals surface area contributed by atoms with Crippen molar-refractivity contribution in [3.8, 4) is 11.5 Å². The Hall–Kier alpha value is -3.21. The molecule has 150 valence electrons. The summed E-state index contributed by atoms with van der Waals surface area (Å²) in [5.41, 5.74) is 5.25. The fourth-order valence-corrected chi connectivity index (χ4v) is 4.16. The van der Waals surface area contributed by atoms with E-state index in [0.717, 1.165) is 17.8 Å². The van der Waals surface area contributed by atoms with Gasteiger partial charge in [0.05, 0.1) is 20.3 Å². The van der Waals surface area contributed by atoms with Crippen molar-refractivity contribution in [2.45, 2.75) is 26.4 Å². The summed E-state index contributed by atoms with van der Waals surface area (Å²) in [5.74, 6) is 1.19. The summed E-state index contributed by atoms with van der Waals surface area (Å²) in [5, 5.41) is 0. The maximum absolute atomic E-state index is 13.6. The quantitative estimate of drug-likeness (QED) is 0.665. The molecule has 1 aliphatic heterocycles. The predicted octanol–water partition coefficient (Wildman–Crippen LogP) is 4.37. The fourth-order valence-electron chi connectivity index (χ4n) is 4.16. The number of amides is 1. The van der Waals surface area contributed by atoms with Crippen molar-refractivity contribution in [3.05, 3.63) is 82.7 Å². The van der Waals surface area contributed by atoms with E-state index < -0.39 is 0 Å². The number of nitrogens with zero attached hydrogens (tertiary/aromatic N) is 2. The van der Waals surface area contributed by atoms with Crippen LogP contribution in [0.2, 0.25) is 0 Å².